The molecule has 6 heteroatoms. The van der Waals surface area contributed by atoms with Crippen LogP contribution in [0.2, 0.25) is 0 Å². The molecule has 1 atom stereocenters. The van der Waals surface area contributed by atoms with Gasteiger partial charge in [-0.2, -0.15) is 0 Å². The fourth-order valence-electron chi connectivity index (χ4n) is 3.01. The van der Waals surface area contributed by atoms with E-state index in [1.54, 1.807) is 43.3 Å². The maximum absolute atomic E-state index is 14.1. The average molecular weight is 370 g/mol. The van der Waals surface area contributed by atoms with Crippen molar-refractivity contribution in [2.75, 3.05) is 10.2 Å². The van der Waals surface area contributed by atoms with Crippen LogP contribution in [0.1, 0.15) is 38.7 Å². The summed E-state index contributed by atoms with van der Waals surface area (Å²) in [5.41, 5.74) is 1.53. The zero-order valence-electron chi connectivity index (χ0n) is 15.5. The number of anilines is 2. The van der Waals surface area contributed by atoms with Crippen LogP contribution >= 0.6 is 0 Å². The zero-order chi connectivity index (χ0) is 19.4. The van der Waals surface area contributed by atoms with E-state index in [1.807, 2.05) is 6.92 Å². The molecule has 1 heterocycles. The maximum Gasteiger partial charge on any atom is 0.268 e. The van der Waals surface area contributed by atoms with Gasteiger partial charge in [0.25, 0.3) is 5.91 Å². The van der Waals surface area contributed by atoms with Gasteiger partial charge >= 0.3 is 0 Å². The van der Waals surface area contributed by atoms with Gasteiger partial charge in [-0.05, 0) is 37.6 Å². The third kappa shape index (κ3) is 4.27. The van der Waals surface area contributed by atoms with E-state index in [-0.39, 0.29) is 24.2 Å². The lowest BCUT2D eigenvalue weighted by atomic mass is 10.1. The summed E-state index contributed by atoms with van der Waals surface area (Å²) in [6.45, 7) is 3.79. The molecule has 142 valence electrons. The lowest BCUT2D eigenvalue weighted by molar-refractivity contribution is -0.125. The molecule has 0 bridgehead atoms. The Morgan fingerprint density at radius 2 is 2.04 bits per heavy atom. The van der Waals surface area contributed by atoms with E-state index in [0.717, 1.165) is 12.8 Å². The molecule has 5 nitrogen and oxygen atoms in total. The van der Waals surface area contributed by atoms with Crippen LogP contribution in [0.25, 0.3) is 0 Å². The maximum atomic E-state index is 14.1. The molecular weight excluding hydrogens is 347 g/mol. The lowest BCUT2D eigenvalue weighted by Crippen LogP contribution is -2.44. The summed E-state index contributed by atoms with van der Waals surface area (Å²) in [4.78, 5) is 26.2. The van der Waals surface area contributed by atoms with Gasteiger partial charge in [0.2, 0.25) is 5.91 Å². The number of hydrogen-bond acceptors (Lipinski definition) is 3. The molecule has 1 aliphatic heterocycles. The molecule has 2 aromatic rings. The summed E-state index contributed by atoms with van der Waals surface area (Å²) in [5, 5.41) is 2.84. The molecule has 2 amide bonds. The van der Waals surface area contributed by atoms with Crippen LogP contribution in [0.15, 0.2) is 42.5 Å². The van der Waals surface area contributed by atoms with Crippen molar-refractivity contribution in [2.45, 2.75) is 45.8 Å². The Morgan fingerprint density at radius 3 is 2.78 bits per heavy atom. The number of benzene rings is 2. The first-order chi connectivity index (χ1) is 13.0. The van der Waals surface area contributed by atoms with Crippen molar-refractivity contribution in [3.05, 3.63) is 53.8 Å². The molecule has 1 unspecified atom stereocenters. The van der Waals surface area contributed by atoms with Crippen molar-refractivity contribution in [1.82, 2.24) is 0 Å². The first-order valence-electron chi connectivity index (χ1n) is 9.15. The number of nitrogens with zero attached hydrogens (tertiary/aromatic N) is 1. The quantitative estimate of drug-likeness (QED) is 0.826. The summed E-state index contributed by atoms with van der Waals surface area (Å²) >= 11 is 0. The minimum atomic E-state index is -0.658. The van der Waals surface area contributed by atoms with Crippen molar-refractivity contribution in [2.24, 2.45) is 0 Å². The standard InChI is InChI=1S/C21H23FN2O3/c1-3-4-9-20(25)23-16-10-11-19-18(12-16)24(21(26)14(2)27-19)13-15-7-5-6-8-17(15)22/h5-8,10-12,14H,3-4,9,13H2,1-2H3,(H,23,25). The van der Waals surface area contributed by atoms with Gasteiger partial charge in [-0.15, -0.1) is 0 Å². The minimum absolute atomic E-state index is 0.0751. The molecule has 0 aromatic heterocycles. The SMILES string of the molecule is CCCCC(=O)Nc1ccc2c(c1)N(Cc1ccccc1F)C(=O)C(C)O2. The Kier molecular flexibility index (Phi) is 5.74. The first kappa shape index (κ1) is 18.9. The third-order valence-corrected chi connectivity index (χ3v) is 4.49. The van der Waals surface area contributed by atoms with Crippen molar-refractivity contribution >= 4 is 23.2 Å². The van der Waals surface area contributed by atoms with E-state index in [9.17, 15) is 14.0 Å². The van der Waals surface area contributed by atoms with Crippen molar-refractivity contribution in [1.29, 1.82) is 0 Å². The van der Waals surface area contributed by atoms with Gasteiger partial charge in [-0.3, -0.25) is 9.59 Å². The number of ether oxygens (including phenoxy) is 1. The topological polar surface area (TPSA) is 58.6 Å². The predicted molar refractivity (Wildman–Crippen MR) is 102 cm³/mol. The highest BCUT2D eigenvalue weighted by Crippen LogP contribution is 2.37. The van der Waals surface area contributed by atoms with Gasteiger partial charge in [0, 0.05) is 17.7 Å². The number of rotatable bonds is 6. The Morgan fingerprint density at radius 1 is 1.26 bits per heavy atom. The molecule has 2 aromatic carbocycles. The predicted octanol–water partition coefficient (Wildman–Crippen LogP) is 4.27. The summed E-state index contributed by atoms with van der Waals surface area (Å²) in [6, 6.07) is 11.5. The van der Waals surface area contributed by atoms with Crippen LogP contribution in [-0.4, -0.2) is 17.9 Å². The highest BCUT2D eigenvalue weighted by Gasteiger charge is 2.32. The lowest BCUT2D eigenvalue weighted by Gasteiger charge is -2.33. The van der Waals surface area contributed by atoms with E-state index in [4.69, 9.17) is 4.74 Å². The largest absolute Gasteiger partial charge is 0.479 e. The molecule has 3 rings (SSSR count). The number of fused-ring (bicyclic) bond motifs is 1. The van der Waals surface area contributed by atoms with Crippen molar-refractivity contribution in [3.63, 3.8) is 0 Å². The second-order valence-electron chi connectivity index (χ2n) is 6.61. The third-order valence-electron chi connectivity index (χ3n) is 4.49. The molecule has 0 fully saturated rings. The highest BCUT2D eigenvalue weighted by atomic mass is 19.1. The van der Waals surface area contributed by atoms with Crippen molar-refractivity contribution in [3.8, 4) is 5.75 Å². The first-order valence-corrected chi connectivity index (χ1v) is 9.15. The van der Waals surface area contributed by atoms with Crippen LogP contribution < -0.4 is 15.0 Å². The van der Waals surface area contributed by atoms with Gasteiger partial charge < -0.3 is 15.0 Å². The van der Waals surface area contributed by atoms with Crippen LogP contribution in [0.5, 0.6) is 5.75 Å². The van der Waals surface area contributed by atoms with Gasteiger partial charge in [0.1, 0.15) is 11.6 Å². The highest BCUT2D eigenvalue weighted by molar-refractivity contribution is 6.01. The molecular formula is C21H23FN2O3. The van der Waals surface area contributed by atoms with Gasteiger partial charge in [0.15, 0.2) is 6.10 Å². The molecule has 0 aliphatic carbocycles. The smallest absolute Gasteiger partial charge is 0.268 e. The number of nitrogens with one attached hydrogen (secondary N) is 1. The van der Waals surface area contributed by atoms with Crippen LogP contribution in [0.3, 0.4) is 0 Å². The second kappa shape index (κ2) is 8.20. The Balaban J connectivity index is 1.89. The number of amides is 2. The summed E-state index contributed by atoms with van der Waals surface area (Å²) in [7, 11) is 0. The van der Waals surface area contributed by atoms with Gasteiger partial charge in [0.05, 0.1) is 12.2 Å². The second-order valence-corrected chi connectivity index (χ2v) is 6.61. The monoisotopic (exact) mass is 370 g/mol. The number of hydrogen-bond donors (Lipinski definition) is 1. The molecule has 27 heavy (non-hydrogen) atoms. The summed E-state index contributed by atoms with van der Waals surface area (Å²) in [5.74, 6) is -0.158. The molecule has 0 saturated heterocycles. The molecule has 0 spiro atoms. The number of carbonyl (C=O) groups excluding carboxylic acids is 2. The van der Waals surface area contributed by atoms with Gasteiger partial charge in [-0.1, -0.05) is 31.5 Å². The van der Waals surface area contributed by atoms with E-state index in [2.05, 4.69) is 5.32 Å². The molecule has 0 saturated carbocycles. The van der Waals surface area contributed by atoms with E-state index in [0.29, 0.717) is 29.1 Å². The Labute approximate surface area is 158 Å². The van der Waals surface area contributed by atoms with E-state index >= 15 is 0 Å². The van der Waals surface area contributed by atoms with Crippen LogP contribution in [0.4, 0.5) is 15.8 Å². The van der Waals surface area contributed by atoms with E-state index < -0.39 is 6.10 Å². The molecule has 1 aliphatic rings. The Bertz CT molecular complexity index is 853. The van der Waals surface area contributed by atoms with Crippen LogP contribution in [0, 0.1) is 5.82 Å². The minimum Gasteiger partial charge on any atom is -0.479 e. The van der Waals surface area contributed by atoms with Crippen LogP contribution in [-0.2, 0) is 16.1 Å². The normalized spacial score (nSPS) is 15.9. The molecule has 0 radical (unpaired) electrons. The molecule has 1 N–H and O–H groups in total. The van der Waals surface area contributed by atoms with Crippen molar-refractivity contribution < 1.29 is 18.7 Å². The average Bonchev–Trinajstić information content (AvgIpc) is 2.65. The summed E-state index contributed by atoms with van der Waals surface area (Å²) in [6.07, 6.45) is 1.54. The number of carbonyl (C=O) groups is 2. The summed E-state index contributed by atoms with van der Waals surface area (Å²) < 4.78 is 19.8. The fraction of sp³-hybridized carbons (Fsp3) is 0.333. The Hall–Kier alpha value is -2.89. The number of halogens is 1. The zero-order valence-corrected chi connectivity index (χ0v) is 15.5. The van der Waals surface area contributed by atoms with E-state index in [1.165, 1.54) is 11.0 Å². The van der Waals surface area contributed by atoms with Gasteiger partial charge in [-0.25, -0.2) is 4.39 Å². The number of unbranched alkanes of at least 4 members (excludes halogenated alkanes) is 1. The fourth-order valence-corrected chi connectivity index (χ4v) is 3.01.